The van der Waals surface area contributed by atoms with E-state index in [4.69, 9.17) is 4.42 Å². The van der Waals surface area contributed by atoms with Crippen molar-refractivity contribution < 1.29 is 9.34 Å². The van der Waals surface area contributed by atoms with E-state index in [0.717, 1.165) is 0 Å². The highest BCUT2D eigenvalue weighted by Crippen LogP contribution is 2.16. The molecule has 0 atom stereocenters. The van der Waals surface area contributed by atoms with E-state index >= 15 is 0 Å². The molecule has 0 N–H and O–H groups in total. The van der Waals surface area contributed by atoms with Crippen molar-refractivity contribution in [1.29, 1.82) is 0 Å². The first-order valence-corrected chi connectivity index (χ1v) is 3.27. The van der Waals surface area contributed by atoms with E-state index in [0.29, 0.717) is 5.76 Å². The van der Waals surface area contributed by atoms with Crippen LogP contribution in [0.3, 0.4) is 0 Å². The summed E-state index contributed by atoms with van der Waals surface area (Å²) in [4.78, 5) is 9.58. The van der Waals surface area contributed by atoms with Gasteiger partial charge in [-0.3, -0.25) is 10.1 Å². The van der Waals surface area contributed by atoms with Crippen LogP contribution in [0.25, 0.3) is 6.08 Å². The zero-order valence-electron chi connectivity index (χ0n) is 6.27. The van der Waals surface area contributed by atoms with Gasteiger partial charge in [-0.1, -0.05) is 18.7 Å². The average Bonchev–Trinajstić information content (AvgIpc) is 2.48. The van der Waals surface area contributed by atoms with Crippen molar-refractivity contribution in [3.63, 3.8) is 0 Å². The van der Waals surface area contributed by atoms with Gasteiger partial charge >= 0.3 is 5.88 Å². The smallest absolute Gasteiger partial charge is 0.401 e. The maximum atomic E-state index is 10.2. The van der Waals surface area contributed by atoms with Crippen LogP contribution in [0, 0.1) is 10.1 Å². The topological polar surface area (TPSA) is 56.3 Å². The number of rotatable bonds is 3. The number of furan rings is 1. The third-order valence-electron chi connectivity index (χ3n) is 1.19. The number of nitrogens with zero attached hydrogens (tertiary/aromatic N) is 1. The van der Waals surface area contributed by atoms with Gasteiger partial charge in [0.1, 0.15) is 10.7 Å². The predicted molar refractivity (Wildman–Crippen MR) is 44.6 cm³/mol. The zero-order valence-corrected chi connectivity index (χ0v) is 6.27. The zero-order chi connectivity index (χ0) is 8.97. The second kappa shape index (κ2) is 3.52. The second-order valence-corrected chi connectivity index (χ2v) is 2.03. The Balaban J connectivity index is 2.84. The molecule has 0 bridgehead atoms. The lowest BCUT2D eigenvalue weighted by molar-refractivity contribution is -0.402. The summed E-state index contributed by atoms with van der Waals surface area (Å²) in [5.74, 6) is 0.195. The molecule has 0 fully saturated rings. The minimum atomic E-state index is -0.578. The SMILES string of the molecule is C=CC=Cc1ccc([N+](=O)[O-])o1. The molecule has 0 aliphatic carbocycles. The summed E-state index contributed by atoms with van der Waals surface area (Å²) in [7, 11) is 0. The van der Waals surface area contributed by atoms with Gasteiger partial charge in [-0.15, -0.1) is 0 Å². The van der Waals surface area contributed by atoms with E-state index in [2.05, 4.69) is 6.58 Å². The molecule has 0 aromatic carbocycles. The molecule has 4 heteroatoms. The van der Waals surface area contributed by atoms with Crippen LogP contribution in [-0.4, -0.2) is 4.92 Å². The molecule has 1 heterocycles. The second-order valence-electron chi connectivity index (χ2n) is 2.03. The van der Waals surface area contributed by atoms with E-state index in [1.807, 2.05) is 0 Å². The molecule has 12 heavy (non-hydrogen) atoms. The summed E-state index contributed by atoms with van der Waals surface area (Å²) in [6.45, 7) is 3.46. The van der Waals surface area contributed by atoms with Gasteiger partial charge in [0.05, 0.1) is 6.07 Å². The lowest BCUT2D eigenvalue weighted by Crippen LogP contribution is -1.82. The van der Waals surface area contributed by atoms with Crippen molar-refractivity contribution in [1.82, 2.24) is 0 Å². The Hall–Kier alpha value is -1.84. The lowest BCUT2D eigenvalue weighted by atomic mass is 10.4. The highest BCUT2D eigenvalue weighted by Gasteiger charge is 2.09. The molecular formula is C8H7NO3. The van der Waals surface area contributed by atoms with Crippen LogP contribution < -0.4 is 0 Å². The van der Waals surface area contributed by atoms with Crippen molar-refractivity contribution in [2.45, 2.75) is 0 Å². The van der Waals surface area contributed by atoms with Crippen LogP contribution in [0.5, 0.6) is 0 Å². The lowest BCUT2D eigenvalue weighted by Gasteiger charge is -1.81. The maximum absolute atomic E-state index is 10.2. The predicted octanol–water partition coefficient (Wildman–Crippen LogP) is 2.39. The molecule has 1 rings (SSSR count). The highest BCUT2D eigenvalue weighted by molar-refractivity contribution is 5.46. The van der Waals surface area contributed by atoms with Gasteiger partial charge in [-0.05, 0) is 12.1 Å². The third-order valence-corrected chi connectivity index (χ3v) is 1.19. The first-order valence-electron chi connectivity index (χ1n) is 3.27. The van der Waals surface area contributed by atoms with E-state index in [-0.39, 0.29) is 5.88 Å². The first-order chi connectivity index (χ1) is 5.74. The van der Waals surface area contributed by atoms with E-state index < -0.39 is 4.92 Å². The van der Waals surface area contributed by atoms with Gasteiger partial charge in [0.2, 0.25) is 0 Å². The fraction of sp³-hybridized carbons (Fsp3) is 0. The van der Waals surface area contributed by atoms with Crippen LogP contribution in [0.1, 0.15) is 5.76 Å². The molecule has 0 spiro atoms. The maximum Gasteiger partial charge on any atom is 0.433 e. The average molecular weight is 165 g/mol. The molecule has 0 radical (unpaired) electrons. The summed E-state index contributed by atoms with van der Waals surface area (Å²) in [6.07, 6.45) is 4.80. The van der Waals surface area contributed by atoms with Gasteiger partial charge in [-0.25, -0.2) is 0 Å². The Morgan fingerprint density at radius 1 is 1.58 bits per heavy atom. The fourth-order valence-electron chi connectivity index (χ4n) is 0.693. The van der Waals surface area contributed by atoms with E-state index in [1.165, 1.54) is 12.1 Å². The normalized spacial score (nSPS) is 10.3. The summed E-state index contributed by atoms with van der Waals surface area (Å²) < 4.78 is 4.81. The minimum absolute atomic E-state index is 0.251. The molecule has 0 unspecified atom stereocenters. The minimum Gasteiger partial charge on any atom is -0.401 e. The summed E-state index contributed by atoms with van der Waals surface area (Å²) in [5.41, 5.74) is 0. The standard InChI is InChI=1S/C8H7NO3/c1-2-3-4-7-5-6-8(12-7)9(10)11/h2-6H,1H2. The Kier molecular flexibility index (Phi) is 2.42. The quantitative estimate of drug-likeness (QED) is 0.392. The molecule has 0 aliphatic rings. The number of allylic oxidation sites excluding steroid dienone is 2. The molecular weight excluding hydrogens is 158 g/mol. The first kappa shape index (κ1) is 8.26. The van der Waals surface area contributed by atoms with Crippen LogP contribution >= 0.6 is 0 Å². The van der Waals surface area contributed by atoms with Gasteiger partial charge in [0.25, 0.3) is 0 Å². The Bertz CT molecular complexity index is 325. The molecule has 1 aromatic heterocycles. The number of hydrogen-bond donors (Lipinski definition) is 0. The van der Waals surface area contributed by atoms with Crippen LogP contribution in [0.15, 0.2) is 35.3 Å². The Morgan fingerprint density at radius 2 is 2.33 bits per heavy atom. The molecule has 62 valence electrons. The van der Waals surface area contributed by atoms with Crippen molar-refractivity contribution >= 4 is 12.0 Å². The Labute approximate surface area is 69.0 Å². The summed E-state index contributed by atoms with van der Waals surface area (Å²) >= 11 is 0. The van der Waals surface area contributed by atoms with E-state index in [1.54, 1.807) is 18.2 Å². The van der Waals surface area contributed by atoms with Crippen LogP contribution in [0.4, 0.5) is 5.88 Å². The van der Waals surface area contributed by atoms with Crippen molar-refractivity contribution in [3.05, 3.63) is 46.7 Å². The summed E-state index contributed by atoms with van der Waals surface area (Å²) in [5, 5.41) is 10.2. The molecule has 0 saturated heterocycles. The summed E-state index contributed by atoms with van der Waals surface area (Å²) in [6, 6.07) is 2.83. The van der Waals surface area contributed by atoms with Crippen LogP contribution in [-0.2, 0) is 0 Å². The van der Waals surface area contributed by atoms with Gasteiger partial charge in [0, 0.05) is 0 Å². The molecule has 0 aliphatic heterocycles. The van der Waals surface area contributed by atoms with Gasteiger partial charge in [0.15, 0.2) is 0 Å². The van der Waals surface area contributed by atoms with Crippen molar-refractivity contribution in [3.8, 4) is 0 Å². The Morgan fingerprint density at radius 3 is 2.83 bits per heavy atom. The molecule has 0 saturated carbocycles. The fourth-order valence-corrected chi connectivity index (χ4v) is 0.693. The van der Waals surface area contributed by atoms with Crippen LogP contribution in [0.2, 0.25) is 0 Å². The van der Waals surface area contributed by atoms with Crippen molar-refractivity contribution in [2.24, 2.45) is 0 Å². The highest BCUT2D eigenvalue weighted by atomic mass is 16.6. The monoisotopic (exact) mass is 165 g/mol. The largest absolute Gasteiger partial charge is 0.433 e. The number of nitro groups is 1. The third kappa shape index (κ3) is 1.82. The van der Waals surface area contributed by atoms with Crippen molar-refractivity contribution in [2.75, 3.05) is 0 Å². The molecule has 0 amide bonds. The van der Waals surface area contributed by atoms with Gasteiger partial charge < -0.3 is 4.42 Å². The van der Waals surface area contributed by atoms with Gasteiger partial charge in [-0.2, -0.15) is 0 Å². The van der Waals surface area contributed by atoms with E-state index in [9.17, 15) is 10.1 Å². The number of hydrogen-bond acceptors (Lipinski definition) is 3. The molecule has 1 aromatic rings. The molecule has 4 nitrogen and oxygen atoms in total.